The number of hydrogen-bond acceptors (Lipinski definition) is 3. The average molecular weight is 371 g/mol. The Morgan fingerprint density at radius 3 is 2.26 bits per heavy atom. The molecule has 1 aliphatic heterocycles. The van der Waals surface area contributed by atoms with E-state index in [9.17, 15) is 14.4 Å². The fourth-order valence-corrected chi connectivity index (χ4v) is 3.34. The van der Waals surface area contributed by atoms with Crippen LogP contribution in [0.15, 0.2) is 24.3 Å². The number of carbonyl (C=O) groups is 3. The van der Waals surface area contributed by atoms with Crippen molar-refractivity contribution in [3.63, 3.8) is 0 Å². The minimum absolute atomic E-state index is 0.0600. The largest absolute Gasteiger partial charge is 0.347 e. The van der Waals surface area contributed by atoms with Crippen LogP contribution in [0.3, 0.4) is 0 Å². The van der Waals surface area contributed by atoms with Crippen molar-refractivity contribution in [2.24, 2.45) is 11.8 Å². The standard InChI is InChI=1S/C21H29N3O3/c1-21(2,3)23-19(26)14-8-10-17(11-9-14)22-18(25)16-5-4-12-24(13-16)20(27)15-6-7-15/h8-11,15-16H,4-7,12-13H2,1-3H3,(H,22,25)(H,23,26). The van der Waals surface area contributed by atoms with Crippen molar-refractivity contribution in [1.29, 1.82) is 0 Å². The Morgan fingerprint density at radius 2 is 1.67 bits per heavy atom. The van der Waals surface area contributed by atoms with E-state index in [-0.39, 0.29) is 35.1 Å². The number of nitrogens with zero attached hydrogens (tertiary/aromatic N) is 1. The average Bonchev–Trinajstić information content (AvgIpc) is 3.45. The van der Waals surface area contributed by atoms with Gasteiger partial charge < -0.3 is 15.5 Å². The van der Waals surface area contributed by atoms with E-state index in [4.69, 9.17) is 0 Å². The third kappa shape index (κ3) is 5.31. The molecular formula is C21H29N3O3. The summed E-state index contributed by atoms with van der Waals surface area (Å²) in [7, 11) is 0. The van der Waals surface area contributed by atoms with Gasteiger partial charge in [0.25, 0.3) is 5.91 Å². The number of likely N-dealkylation sites (tertiary alicyclic amines) is 1. The highest BCUT2D eigenvalue weighted by Gasteiger charge is 2.36. The van der Waals surface area contributed by atoms with Crippen LogP contribution in [0.5, 0.6) is 0 Å². The molecule has 1 aromatic rings. The summed E-state index contributed by atoms with van der Waals surface area (Å²) < 4.78 is 0. The molecule has 3 rings (SSSR count). The normalized spacial score (nSPS) is 20.1. The first-order valence-corrected chi connectivity index (χ1v) is 9.75. The Bertz CT molecular complexity index is 717. The molecule has 3 amide bonds. The fraction of sp³-hybridized carbons (Fsp3) is 0.571. The lowest BCUT2D eigenvalue weighted by atomic mass is 9.96. The van der Waals surface area contributed by atoms with Gasteiger partial charge in [0.1, 0.15) is 0 Å². The first-order chi connectivity index (χ1) is 12.7. The Hall–Kier alpha value is -2.37. The van der Waals surface area contributed by atoms with E-state index in [1.165, 1.54) is 0 Å². The molecule has 1 heterocycles. The number of piperidine rings is 1. The van der Waals surface area contributed by atoms with E-state index >= 15 is 0 Å². The highest BCUT2D eigenvalue weighted by molar-refractivity contribution is 5.96. The first kappa shape index (κ1) is 19.4. The van der Waals surface area contributed by atoms with Gasteiger partial charge in [0, 0.05) is 35.8 Å². The Morgan fingerprint density at radius 1 is 1.00 bits per heavy atom. The zero-order chi connectivity index (χ0) is 19.6. The second-order valence-electron chi connectivity index (χ2n) is 8.67. The third-order valence-corrected chi connectivity index (χ3v) is 4.93. The summed E-state index contributed by atoms with van der Waals surface area (Å²) in [5, 5.41) is 5.83. The molecule has 0 bridgehead atoms. The molecule has 1 saturated heterocycles. The van der Waals surface area contributed by atoms with Gasteiger partial charge >= 0.3 is 0 Å². The predicted molar refractivity (Wildman–Crippen MR) is 104 cm³/mol. The van der Waals surface area contributed by atoms with E-state index in [2.05, 4.69) is 10.6 Å². The molecule has 0 aromatic heterocycles. The Kier molecular flexibility index (Phi) is 5.53. The zero-order valence-electron chi connectivity index (χ0n) is 16.4. The molecule has 146 valence electrons. The maximum absolute atomic E-state index is 12.6. The van der Waals surface area contributed by atoms with Gasteiger partial charge in [0.15, 0.2) is 0 Å². The Labute approximate surface area is 160 Å². The molecule has 2 aliphatic rings. The summed E-state index contributed by atoms with van der Waals surface area (Å²) in [5.74, 6) is 0.0303. The minimum Gasteiger partial charge on any atom is -0.347 e. The fourth-order valence-electron chi connectivity index (χ4n) is 3.34. The summed E-state index contributed by atoms with van der Waals surface area (Å²) in [6.07, 6.45) is 3.64. The van der Waals surface area contributed by atoms with Crippen LogP contribution < -0.4 is 10.6 Å². The third-order valence-electron chi connectivity index (χ3n) is 4.93. The highest BCUT2D eigenvalue weighted by atomic mass is 16.2. The first-order valence-electron chi connectivity index (χ1n) is 9.75. The Balaban J connectivity index is 1.55. The van der Waals surface area contributed by atoms with Crippen LogP contribution in [0.4, 0.5) is 5.69 Å². The molecule has 6 heteroatoms. The van der Waals surface area contributed by atoms with E-state index in [1.807, 2.05) is 25.7 Å². The second-order valence-corrected chi connectivity index (χ2v) is 8.67. The zero-order valence-corrected chi connectivity index (χ0v) is 16.4. The lowest BCUT2D eigenvalue weighted by Gasteiger charge is -2.32. The van der Waals surface area contributed by atoms with Crippen molar-refractivity contribution < 1.29 is 14.4 Å². The smallest absolute Gasteiger partial charge is 0.251 e. The van der Waals surface area contributed by atoms with Gasteiger partial charge in [-0.15, -0.1) is 0 Å². The quantitative estimate of drug-likeness (QED) is 0.854. The van der Waals surface area contributed by atoms with Crippen LogP contribution in [0.2, 0.25) is 0 Å². The molecule has 6 nitrogen and oxygen atoms in total. The lowest BCUT2D eigenvalue weighted by molar-refractivity contribution is -0.135. The predicted octanol–water partition coefficient (Wildman–Crippen LogP) is 2.80. The van der Waals surface area contributed by atoms with Crippen molar-refractivity contribution in [3.8, 4) is 0 Å². The van der Waals surface area contributed by atoms with Crippen LogP contribution in [0.1, 0.15) is 56.8 Å². The van der Waals surface area contributed by atoms with Gasteiger partial charge in [0.2, 0.25) is 11.8 Å². The van der Waals surface area contributed by atoms with Crippen LogP contribution in [0, 0.1) is 11.8 Å². The molecule has 0 radical (unpaired) electrons. The van der Waals surface area contributed by atoms with E-state index in [0.29, 0.717) is 17.8 Å². The van der Waals surface area contributed by atoms with E-state index in [0.717, 1.165) is 32.2 Å². The van der Waals surface area contributed by atoms with Crippen molar-refractivity contribution in [3.05, 3.63) is 29.8 Å². The topological polar surface area (TPSA) is 78.5 Å². The molecule has 27 heavy (non-hydrogen) atoms. The van der Waals surface area contributed by atoms with Crippen LogP contribution in [-0.4, -0.2) is 41.2 Å². The molecule has 1 atom stereocenters. The minimum atomic E-state index is -0.297. The molecular weight excluding hydrogens is 342 g/mol. The second kappa shape index (κ2) is 7.71. The molecule has 2 fully saturated rings. The van der Waals surface area contributed by atoms with Crippen molar-refractivity contribution in [2.45, 2.75) is 52.0 Å². The maximum Gasteiger partial charge on any atom is 0.251 e. The number of amides is 3. The summed E-state index contributed by atoms with van der Waals surface area (Å²) in [6, 6.07) is 6.90. The molecule has 0 spiro atoms. The summed E-state index contributed by atoms with van der Waals surface area (Å²) in [4.78, 5) is 38.9. The lowest BCUT2D eigenvalue weighted by Crippen LogP contribution is -2.44. The molecule has 1 saturated carbocycles. The number of benzene rings is 1. The van der Waals surface area contributed by atoms with Gasteiger partial charge in [-0.2, -0.15) is 0 Å². The molecule has 2 N–H and O–H groups in total. The van der Waals surface area contributed by atoms with Gasteiger partial charge in [-0.25, -0.2) is 0 Å². The van der Waals surface area contributed by atoms with Crippen LogP contribution in [0.25, 0.3) is 0 Å². The van der Waals surface area contributed by atoms with Crippen molar-refractivity contribution in [2.75, 3.05) is 18.4 Å². The highest BCUT2D eigenvalue weighted by Crippen LogP contribution is 2.32. The maximum atomic E-state index is 12.6. The summed E-state index contributed by atoms with van der Waals surface area (Å²) in [6.45, 7) is 7.06. The van der Waals surface area contributed by atoms with Crippen molar-refractivity contribution >= 4 is 23.4 Å². The molecule has 1 aromatic carbocycles. The van der Waals surface area contributed by atoms with Crippen LogP contribution >= 0.6 is 0 Å². The van der Waals surface area contributed by atoms with Crippen LogP contribution in [-0.2, 0) is 9.59 Å². The van der Waals surface area contributed by atoms with E-state index in [1.54, 1.807) is 24.3 Å². The number of carbonyl (C=O) groups excluding carboxylic acids is 3. The summed E-state index contributed by atoms with van der Waals surface area (Å²) >= 11 is 0. The van der Waals surface area contributed by atoms with Gasteiger partial charge in [0.05, 0.1) is 5.92 Å². The van der Waals surface area contributed by atoms with Crippen molar-refractivity contribution in [1.82, 2.24) is 10.2 Å². The van der Waals surface area contributed by atoms with Gasteiger partial charge in [-0.3, -0.25) is 14.4 Å². The van der Waals surface area contributed by atoms with Gasteiger partial charge in [-0.05, 0) is 70.7 Å². The molecule has 1 unspecified atom stereocenters. The molecule has 1 aliphatic carbocycles. The number of rotatable bonds is 4. The van der Waals surface area contributed by atoms with E-state index < -0.39 is 0 Å². The summed E-state index contributed by atoms with van der Waals surface area (Å²) in [5.41, 5.74) is 0.925. The number of anilines is 1. The monoisotopic (exact) mass is 371 g/mol. The number of hydrogen-bond donors (Lipinski definition) is 2. The SMILES string of the molecule is CC(C)(C)NC(=O)c1ccc(NC(=O)C2CCCN(C(=O)C3CC3)C2)cc1. The number of nitrogens with one attached hydrogen (secondary N) is 2. The van der Waals surface area contributed by atoms with Gasteiger partial charge in [-0.1, -0.05) is 0 Å².